The molecule has 0 spiro atoms. The predicted molar refractivity (Wildman–Crippen MR) is 76.3 cm³/mol. The molecule has 4 heteroatoms. The van der Waals surface area contributed by atoms with Crippen LogP contribution < -0.4 is 5.73 Å². The quantitative estimate of drug-likeness (QED) is 0.459. The van der Waals surface area contributed by atoms with Crippen LogP contribution in [0.1, 0.15) is 46.5 Å². The number of rotatable bonds is 11. The highest BCUT2D eigenvalue weighted by atomic mass is 32.1. The lowest BCUT2D eigenvalue weighted by atomic mass is 10.0. The van der Waals surface area contributed by atoms with Crippen LogP contribution >= 0.6 is 12.2 Å². The molecule has 0 saturated heterocycles. The Morgan fingerprint density at radius 1 is 1.29 bits per heavy atom. The minimum absolute atomic E-state index is 0.157. The van der Waals surface area contributed by atoms with Crippen molar-refractivity contribution in [1.29, 1.82) is 0 Å². The van der Waals surface area contributed by atoms with Crippen molar-refractivity contribution < 1.29 is 9.47 Å². The summed E-state index contributed by atoms with van der Waals surface area (Å²) in [6, 6.07) is 0. The molecule has 0 bridgehead atoms. The van der Waals surface area contributed by atoms with E-state index in [4.69, 9.17) is 27.4 Å². The molecule has 2 unspecified atom stereocenters. The van der Waals surface area contributed by atoms with Crippen LogP contribution in [0.15, 0.2) is 0 Å². The SMILES string of the molecule is CCCCC(CC)COCCOC(C)C(N)=S. The molecule has 0 aromatic rings. The van der Waals surface area contributed by atoms with Crippen LogP contribution in [0, 0.1) is 5.92 Å². The minimum Gasteiger partial charge on any atom is -0.391 e. The third-order valence-corrected chi connectivity index (χ3v) is 3.22. The van der Waals surface area contributed by atoms with E-state index in [1.165, 1.54) is 25.7 Å². The molecular formula is C13H27NO2S. The van der Waals surface area contributed by atoms with Gasteiger partial charge in [-0.15, -0.1) is 0 Å². The third-order valence-electron chi connectivity index (χ3n) is 2.89. The van der Waals surface area contributed by atoms with Gasteiger partial charge in [0.2, 0.25) is 0 Å². The summed E-state index contributed by atoms with van der Waals surface area (Å²) in [6.45, 7) is 8.31. The Morgan fingerprint density at radius 2 is 2.00 bits per heavy atom. The number of ether oxygens (including phenoxy) is 2. The van der Waals surface area contributed by atoms with Crippen LogP contribution in [0.2, 0.25) is 0 Å². The lowest BCUT2D eigenvalue weighted by molar-refractivity contribution is 0.0219. The van der Waals surface area contributed by atoms with Gasteiger partial charge >= 0.3 is 0 Å². The zero-order chi connectivity index (χ0) is 13.1. The van der Waals surface area contributed by atoms with Crippen molar-refractivity contribution in [2.24, 2.45) is 11.7 Å². The standard InChI is InChI=1S/C13H27NO2S/c1-4-6-7-12(5-2)10-15-8-9-16-11(3)13(14)17/h11-12H,4-10H2,1-3H3,(H2,14,17). The van der Waals surface area contributed by atoms with Crippen molar-refractivity contribution >= 4 is 17.2 Å². The van der Waals surface area contributed by atoms with Crippen LogP contribution in [0.4, 0.5) is 0 Å². The fourth-order valence-corrected chi connectivity index (χ4v) is 1.58. The Balaban J connectivity index is 3.45. The Kier molecular flexibility index (Phi) is 10.8. The Morgan fingerprint density at radius 3 is 2.53 bits per heavy atom. The Hall–Kier alpha value is -0.190. The second-order valence-corrected chi connectivity index (χ2v) is 4.88. The maximum atomic E-state index is 5.60. The van der Waals surface area contributed by atoms with E-state index in [0.717, 1.165) is 6.61 Å². The average molecular weight is 261 g/mol. The van der Waals surface area contributed by atoms with E-state index in [-0.39, 0.29) is 6.10 Å². The first-order valence-corrected chi connectivity index (χ1v) is 7.01. The van der Waals surface area contributed by atoms with Gasteiger partial charge in [-0.2, -0.15) is 0 Å². The highest BCUT2D eigenvalue weighted by Crippen LogP contribution is 2.12. The fourth-order valence-electron chi connectivity index (χ4n) is 1.51. The third kappa shape index (κ3) is 9.51. The van der Waals surface area contributed by atoms with Crippen LogP contribution in [-0.2, 0) is 9.47 Å². The first-order chi connectivity index (χ1) is 8.11. The zero-order valence-corrected chi connectivity index (χ0v) is 12.2. The van der Waals surface area contributed by atoms with Crippen molar-refractivity contribution in [1.82, 2.24) is 0 Å². The van der Waals surface area contributed by atoms with Gasteiger partial charge in [-0.1, -0.05) is 45.3 Å². The maximum Gasteiger partial charge on any atom is 0.105 e. The van der Waals surface area contributed by atoms with Gasteiger partial charge in [0.1, 0.15) is 11.1 Å². The monoisotopic (exact) mass is 261 g/mol. The normalized spacial score (nSPS) is 14.5. The molecule has 0 rings (SSSR count). The summed E-state index contributed by atoms with van der Waals surface area (Å²) in [4.78, 5) is 0.402. The fraction of sp³-hybridized carbons (Fsp3) is 0.923. The molecule has 17 heavy (non-hydrogen) atoms. The van der Waals surface area contributed by atoms with E-state index >= 15 is 0 Å². The summed E-state index contributed by atoms with van der Waals surface area (Å²) >= 11 is 4.82. The molecular weight excluding hydrogens is 234 g/mol. The van der Waals surface area contributed by atoms with Crippen molar-refractivity contribution in [2.75, 3.05) is 19.8 Å². The molecule has 0 aliphatic heterocycles. The molecule has 2 N–H and O–H groups in total. The summed E-state index contributed by atoms with van der Waals surface area (Å²) in [5, 5.41) is 0. The number of nitrogens with two attached hydrogens (primary N) is 1. The Bertz CT molecular complexity index is 200. The molecule has 0 fully saturated rings. The predicted octanol–water partition coefficient (Wildman–Crippen LogP) is 2.91. The van der Waals surface area contributed by atoms with Crippen molar-refractivity contribution in [3.63, 3.8) is 0 Å². The first-order valence-electron chi connectivity index (χ1n) is 6.60. The molecule has 0 radical (unpaired) electrons. The van der Waals surface area contributed by atoms with Gasteiger partial charge < -0.3 is 15.2 Å². The summed E-state index contributed by atoms with van der Waals surface area (Å²) in [5.41, 5.74) is 5.44. The average Bonchev–Trinajstić information content (AvgIpc) is 2.32. The molecule has 3 nitrogen and oxygen atoms in total. The van der Waals surface area contributed by atoms with Crippen LogP contribution in [0.5, 0.6) is 0 Å². The first kappa shape index (κ1) is 16.8. The van der Waals surface area contributed by atoms with Crippen LogP contribution in [-0.4, -0.2) is 30.9 Å². The summed E-state index contributed by atoms with van der Waals surface area (Å²) < 4.78 is 11.0. The number of hydrogen-bond donors (Lipinski definition) is 1. The van der Waals surface area contributed by atoms with Gasteiger partial charge in [0.05, 0.1) is 13.2 Å². The van der Waals surface area contributed by atoms with Gasteiger partial charge in [-0.25, -0.2) is 0 Å². The molecule has 0 heterocycles. The lowest BCUT2D eigenvalue weighted by Gasteiger charge is -2.15. The van der Waals surface area contributed by atoms with Gasteiger partial charge in [0, 0.05) is 6.61 Å². The molecule has 0 amide bonds. The number of hydrogen-bond acceptors (Lipinski definition) is 3. The van der Waals surface area contributed by atoms with E-state index < -0.39 is 0 Å². The van der Waals surface area contributed by atoms with Gasteiger partial charge in [0.25, 0.3) is 0 Å². The second kappa shape index (κ2) is 10.9. The molecule has 0 aliphatic carbocycles. The molecule has 102 valence electrons. The molecule has 0 aromatic carbocycles. The largest absolute Gasteiger partial charge is 0.391 e. The highest BCUT2D eigenvalue weighted by Gasteiger charge is 2.07. The molecule has 2 atom stereocenters. The van der Waals surface area contributed by atoms with E-state index in [2.05, 4.69) is 13.8 Å². The van der Waals surface area contributed by atoms with Gasteiger partial charge in [-0.3, -0.25) is 0 Å². The maximum absolute atomic E-state index is 5.60. The molecule has 0 aliphatic rings. The lowest BCUT2D eigenvalue weighted by Crippen LogP contribution is -2.27. The highest BCUT2D eigenvalue weighted by molar-refractivity contribution is 7.80. The van der Waals surface area contributed by atoms with Crippen molar-refractivity contribution in [3.8, 4) is 0 Å². The minimum atomic E-state index is -0.157. The van der Waals surface area contributed by atoms with E-state index in [0.29, 0.717) is 24.1 Å². The molecule has 0 aromatic heterocycles. The summed E-state index contributed by atoms with van der Waals surface area (Å²) in [5.74, 6) is 0.683. The van der Waals surface area contributed by atoms with Crippen LogP contribution in [0.3, 0.4) is 0 Å². The van der Waals surface area contributed by atoms with E-state index in [9.17, 15) is 0 Å². The topological polar surface area (TPSA) is 44.5 Å². The summed E-state index contributed by atoms with van der Waals surface area (Å²) in [7, 11) is 0. The number of unbranched alkanes of at least 4 members (excludes halogenated alkanes) is 1. The second-order valence-electron chi connectivity index (χ2n) is 4.41. The van der Waals surface area contributed by atoms with Crippen LogP contribution in [0.25, 0.3) is 0 Å². The Labute approximate surface area is 111 Å². The molecule has 0 saturated carbocycles. The summed E-state index contributed by atoms with van der Waals surface area (Å²) in [6.07, 6.45) is 4.83. The van der Waals surface area contributed by atoms with Crippen molar-refractivity contribution in [3.05, 3.63) is 0 Å². The van der Waals surface area contributed by atoms with Gasteiger partial charge in [-0.05, 0) is 19.3 Å². The van der Waals surface area contributed by atoms with Crippen molar-refractivity contribution in [2.45, 2.75) is 52.6 Å². The van der Waals surface area contributed by atoms with E-state index in [1.54, 1.807) is 0 Å². The van der Waals surface area contributed by atoms with Gasteiger partial charge in [0.15, 0.2) is 0 Å². The smallest absolute Gasteiger partial charge is 0.105 e. The van der Waals surface area contributed by atoms with E-state index in [1.807, 2.05) is 6.92 Å². The zero-order valence-electron chi connectivity index (χ0n) is 11.4. The number of thiocarbonyl (C=S) groups is 1.